The van der Waals surface area contributed by atoms with Gasteiger partial charge in [-0.3, -0.25) is 4.79 Å². The van der Waals surface area contributed by atoms with Crippen molar-refractivity contribution >= 4 is 17.7 Å². The Hall–Kier alpha value is -1.08. The highest BCUT2D eigenvalue weighted by Crippen LogP contribution is 2.21. The standard InChI is InChI=1S/C12H23N5OS/c1-8(2)16(5)11(18)7-19-12-15-14-10(6-13)17(12)9(3)4/h8-9H,6-7,13H2,1-5H3. The quantitative estimate of drug-likeness (QED) is 0.797. The fourth-order valence-corrected chi connectivity index (χ4v) is 2.59. The van der Waals surface area contributed by atoms with Crippen LogP contribution in [0.5, 0.6) is 0 Å². The molecule has 6 nitrogen and oxygen atoms in total. The molecule has 1 heterocycles. The van der Waals surface area contributed by atoms with Crippen molar-refractivity contribution in [1.82, 2.24) is 19.7 Å². The minimum absolute atomic E-state index is 0.0904. The van der Waals surface area contributed by atoms with Gasteiger partial charge in [0.2, 0.25) is 5.91 Å². The summed E-state index contributed by atoms with van der Waals surface area (Å²) in [5, 5.41) is 8.92. The summed E-state index contributed by atoms with van der Waals surface area (Å²) in [6, 6.07) is 0.435. The molecule has 1 amide bonds. The maximum absolute atomic E-state index is 11.9. The Morgan fingerprint density at radius 2 is 2.00 bits per heavy atom. The Morgan fingerprint density at radius 1 is 1.37 bits per heavy atom. The zero-order valence-corrected chi connectivity index (χ0v) is 13.1. The van der Waals surface area contributed by atoms with E-state index in [1.54, 1.807) is 4.90 Å². The Bertz CT molecular complexity index is 430. The van der Waals surface area contributed by atoms with Crippen molar-refractivity contribution in [3.05, 3.63) is 5.82 Å². The molecule has 2 N–H and O–H groups in total. The van der Waals surface area contributed by atoms with E-state index in [2.05, 4.69) is 24.0 Å². The van der Waals surface area contributed by atoms with Crippen LogP contribution in [0.15, 0.2) is 5.16 Å². The lowest BCUT2D eigenvalue weighted by Gasteiger charge is -2.21. The number of carbonyl (C=O) groups is 1. The minimum Gasteiger partial charge on any atom is -0.343 e. The van der Waals surface area contributed by atoms with E-state index >= 15 is 0 Å². The third-order valence-corrected chi connectivity index (χ3v) is 3.85. The van der Waals surface area contributed by atoms with Crippen LogP contribution in [0.4, 0.5) is 0 Å². The second-order valence-electron chi connectivity index (χ2n) is 4.95. The van der Waals surface area contributed by atoms with Crippen LogP contribution < -0.4 is 5.73 Å². The molecule has 0 saturated heterocycles. The molecule has 0 spiro atoms. The van der Waals surface area contributed by atoms with Crippen molar-refractivity contribution in [3.8, 4) is 0 Å². The van der Waals surface area contributed by atoms with Gasteiger partial charge in [0.25, 0.3) is 0 Å². The Morgan fingerprint density at radius 3 is 2.47 bits per heavy atom. The first kappa shape index (κ1) is 16.0. The van der Waals surface area contributed by atoms with Crippen molar-refractivity contribution in [3.63, 3.8) is 0 Å². The van der Waals surface area contributed by atoms with E-state index in [-0.39, 0.29) is 18.0 Å². The van der Waals surface area contributed by atoms with Gasteiger partial charge in [0.1, 0.15) is 5.82 Å². The Labute approximate surface area is 118 Å². The van der Waals surface area contributed by atoms with Gasteiger partial charge in [-0.05, 0) is 27.7 Å². The van der Waals surface area contributed by atoms with Crippen molar-refractivity contribution in [2.45, 2.75) is 51.5 Å². The molecule has 0 fully saturated rings. The van der Waals surface area contributed by atoms with Gasteiger partial charge in [-0.15, -0.1) is 10.2 Å². The summed E-state index contributed by atoms with van der Waals surface area (Å²) in [5.41, 5.74) is 5.64. The summed E-state index contributed by atoms with van der Waals surface area (Å²) in [6.07, 6.45) is 0. The highest BCUT2D eigenvalue weighted by molar-refractivity contribution is 7.99. The predicted octanol–water partition coefficient (Wildman–Crippen LogP) is 1.28. The second kappa shape index (κ2) is 6.91. The molecule has 0 bridgehead atoms. The molecule has 0 aliphatic carbocycles. The van der Waals surface area contributed by atoms with Gasteiger partial charge in [0, 0.05) is 19.1 Å². The van der Waals surface area contributed by atoms with Crippen LogP contribution >= 0.6 is 11.8 Å². The first-order valence-corrected chi connectivity index (χ1v) is 7.39. The van der Waals surface area contributed by atoms with Crippen molar-refractivity contribution in [2.24, 2.45) is 5.73 Å². The normalized spacial score (nSPS) is 11.4. The molecular weight excluding hydrogens is 262 g/mol. The van der Waals surface area contributed by atoms with Crippen LogP contribution in [0, 0.1) is 0 Å². The fraction of sp³-hybridized carbons (Fsp3) is 0.750. The Balaban J connectivity index is 2.73. The van der Waals surface area contributed by atoms with Gasteiger partial charge in [-0.1, -0.05) is 11.8 Å². The van der Waals surface area contributed by atoms with E-state index in [0.717, 1.165) is 11.0 Å². The van der Waals surface area contributed by atoms with E-state index in [0.29, 0.717) is 12.3 Å². The van der Waals surface area contributed by atoms with Crippen LogP contribution in [-0.4, -0.2) is 44.4 Å². The topological polar surface area (TPSA) is 77.0 Å². The first-order valence-electron chi connectivity index (χ1n) is 6.40. The number of aromatic nitrogens is 3. The second-order valence-corrected chi connectivity index (χ2v) is 5.90. The minimum atomic E-state index is 0.0904. The summed E-state index contributed by atoms with van der Waals surface area (Å²) in [4.78, 5) is 13.7. The van der Waals surface area contributed by atoms with Crippen LogP contribution in [0.3, 0.4) is 0 Å². The SMILES string of the molecule is CC(C)N(C)C(=O)CSc1nnc(CN)n1C(C)C. The molecule has 0 atom stereocenters. The zero-order valence-electron chi connectivity index (χ0n) is 12.3. The molecule has 0 aliphatic rings. The molecule has 7 heteroatoms. The monoisotopic (exact) mass is 285 g/mol. The molecule has 1 aromatic heterocycles. The van der Waals surface area contributed by atoms with E-state index in [9.17, 15) is 4.79 Å². The van der Waals surface area contributed by atoms with E-state index in [1.165, 1.54) is 11.8 Å². The summed E-state index contributed by atoms with van der Waals surface area (Å²) in [6.45, 7) is 8.44. The number of hydrogen-bond donors (Lipinski definition) is 1. The number of carbonyl (C=O) groups excluding carboxylic acids is 1. The molecule has 19 heavy (non-hydrogen) atoms. The molecule has 0 radical (unpaired) electrons. The lowest BCUT2D eigenvalue weighted by atomic mass is 10.3. The van der Waals surface area contributed by atoms with Crippen molar-refractivity contribution < 1.29 is 4.79 Å². The molecule has 0 saturated carbocycles. The lowest BCUT2D eigenvalue weighted by molar-refractivity contribution is -0.128. The van der Waals surface area contributed by atoms with Gasteiger partial charge in [0.05, 0.1) is 12.3 Å². The van der Waals surface area contributed by atoms with Crippen molar-refractivity contribution in [1.29, 1.82) is 0 Å². The largest absolute Gasteiger partial charge is 0.343 e. The summed E-state index contributed by atoms with van der Waals surface area (Å²) in [5.74, 6) is 1.21. The predicted molar refractivity (Wildman–Crippen MR) is 76.9 cm³/mol. The number of rotatable bonds is 6. The number of amides is 1. The molecule has 0 aliphatic heterocycles. The highest BCUT2D eigenvalue weighted by atomic mass is 32.2. The first-order chi connectivity index (χ1) is 8.88. The number of nitrogens with two attached hydrogens (primary N) is 1. The highest BCUT2D eigenvalue weighted by Gasteiger charge is 2.17. The van der Waals surface area contributed by atoms with Gasteiger partial charge in [0.15, 0.2) is 5.16 Å². The number of thioether (sulfide) groups is 1. The maximum Gasteiger partial charge on any atom is 0.233 e. The van der Waals surface area contributed by atoms with Crippen molar-refractivity contribution in [2.75, 3.05) is 12.8 Å². The van der Waals surface area contributed by atoms with Crippen LogP contribution in [0.25, 0.3) is 0 Å². The van der Waals surface area contributed by atoms with E-state index < -0.39 is 0 Å². The molecule has 1 aromatic rings. The summed E-state index contributed by atoms with van der Waals surface area (Å²) in [7, 11) is 1.81. The van der Waals surface area contributed by atoms with Gasteiger partial charge in [-0.25, -0.2) is 0 Å². The van der Waals surface area contributed by atoms with Crippen LogP contribution in [0.1, 0.15) is 39.6 Å². The van der Waals surface area contributed by atoms with Gasteiger partial charge < -0.3 is 15.2 Å². The zero-order chi connectivity index (χ0) is 14.6. The summed E-state index contributed by atoms with van der Waals surface area (Å²) >= 11 is 1.41. The van der Waals surface area contributed by atoms with E-state index in [4.69, 9.17) is 5.73 Å². The summed E-state index contributed by atoms with van der Waals surface area (Å²) < 4.78 is 1.98. The molecular formula is C12H23N5OS. The van der Waals surface area contributed by atoms with Crippen LogP contribution in [-0.2, 0) is 11.3 Å². The number of nitrogens with zero attached hydrogens (tertiary/aromatic N) is 4. The maximum atomic E-state index is 11.9. The lowest BCUT2D eigenvalue weighted by Crippen LogP contribution is -2.34. The third kappa shape index (κ3) is 3.94. The smallest absolute Gasteiger partial charge is 0.233 e. The average Bonchev–Trinajstić information content (AvgIpc) is 2.77. The van der Waals surface area contributed by atoms with E-state index in [1.807, 2.05) is 25.5 Å². The third-order valence-electron chi connectivity index (χ3n) is 2.93. The van der Waals surface area contributed by atoms with Crippen LogP contribution in [0.2, 0.25) is 0 Å². The Kier molecular flexibility index (Phi) is 5.81. The average molecular weight is 285 g/mol. The molecule has 0 aromatic carbocycles. The molecule has 108 valence electrons. The fourth-order valence-electron chi connectivity index (χ4n) is 1.58. The number of hydrogen-bond acceptors (Lipinski definition) is 5. The van der Waals surface area contributed by atoms with Gasteiger partial charge in [-0.2, -0.15) is 0 Å². The molecule has 0 unspecified atom stereocenters. The van der Waals surface area contributed by atoms with Gasteiger partial charge >= 0.3 is 0 Å². The molecule has 1 rings (SSSR count).